The van der Waals surface area contributed by atoms with E-state index in [1.807, 2.05) is 13.8 Å². The van der Waals surface area contributed by atoms with Crippen LogP contribution in [0.3, 0.4) is 0 Å². The van der Waals surface area contributed by atoms with Crippen molar-refractivity contribution in [1.82, 2.24) is 4.90 Å². The predicted molar refractivity (Wildman–Crippen MR) is 68.0 cm³/mol. The van der Waals surface area contributed by atoms with Gasteiger partial charge in [-0.25, -0.2) is 0 Å². The number of hydrogen-bond donors (Lipinski definition) is 1. The van der Waals surface area contributed by atoms with Crippen molar-refractivity contribution in [3.05, 3.63) is 0 Å². The highest BCUT2D eigenvalue weighted by Gasteiger charge is 2.55. The SMILES string of the molecule is CC(C)CN(CC(=O)O)C(=O)C1C2CCCCC21. The van der Waals surface area contributed by atoms with Gasteiger partial charge in [0, 0.05) is 12.5 Å². The number of amides is 1. The molecular weight excluding hydrogens is 230 g/mol. The van der Waals surface area contributed by atoms with Gasteiger partial charge < -0.3 is 10.0 Å². The van der Waals surface area contributed by atoms with Gasteiger partial charge in [-0.2, -0.15) is 0 Å². The molecule has 2 aliphatic rings. The van der Waals surface area contributed by atoms with E-state index < -0.39 is 5.97 Å². The number of carboxylic acids is 1. The molecule has 0 heterocycles. The van der Waals surface area contributed by atoms with Crippen molar-refractivity contribution >= 4 is 11.9 Å². The third-order valence-corrected chi connectivity index (χ3v) is 4.16. The van der Waals surface area contributed by atoms with Crippen molar-refractivity contribution in [2.45, 2.75) is 39.5 Å². The molecule has 4 heteroatoms. The Kier molecular flexibility index (Phi) is 3.93. The summed E-state index contributed by atoms with van der Waals surface area (Å²) < 4.78 is 0. The summed E-state index contributed by atoms with van der Waals surface area (Å²) in [6.45, 7) is 4.44. The van der Waals surface area contributed by atoms with Crippen molar-refractivity contribution in [2.75, 3.05) is 13.1 Å². The summed E-state index contributed by atoms with van der Waals surface area (Å²) >= 11 is 0. The maximum atomic E-state index is 12.4. The molecule has 0 aliphatic heterocycles. The number of carbonyl (C=O) groups is 2. The Morgan fingerprint density at radius 1 is 1.22 bits per heavy atom. The van der Waals surface area contributed by atoms with E-state index in [1.165, 1.54) is 12.8 Å². The number of fused-ring (bicyclic) bond motifs is 1. The molecule has 0 bridgehead atoms. The van der Waals surface area contributed by atoms with Crippen LogP contribution in [0.15, 0.2) is 0 Å². The number of aliphatic carboxylic acids is 1. The van der Waals surface area contributed by atoms with Crippen molar-refractivity contribution in [2.24, 2.45) is 23.7 Å². The Morgan fingerprint density at radius 3 is 2.22 bits per heavy atom. The zero-order valence-electron chi connectivity index (χ0n) is 11.3. The van der Waals surface area contributed by atoms with Crippen LogP contribution in [0.2, 0.25) is 0 Å². The van der Waals surface area contributed by atoms with E-state index in [9.17, 15) is 9.59 Å². The molecule has 0 aromatic rings. The molecule has 4 nitrogen and oxygen atoms in total. The number of carbonyl (C=O) groups excluding carboxylic acids is 1. The molecule has 18 heavy (non-hydrogen) atoms. The normalized spacial score (nSPS) is 29.8. The molecular formula is C14H23NO3. The average Bonchev–Trinajstić information content (AvgIpc) is 3.00. The molecule has 1 N–H and O–H groups in total. The third kappa shape index (κ3) is 2.85. The van der Waals surface area contributed by atoms with E-state index in [2.05, 4.69) is 0 Å². The minimum atomic E-state index is -0.910. The number of carboxylic acid groups (broad SMARTS) is 1. The van der Waals surface area contributed by atoms with E-state index in [0.29, 0.717) is 24.3 Å². The summed E-state index contributed by atoms with van der Waals surface area (Å²) in [5, 5.41) is 8.91. The van der Waals surface area contributed by atoms with Crippen LogP contribution >= 0.6 is 0 Å². The van der Waals surface area contributed by atoms with Crippen LogP contribution in [0.25, 0.3) is 0 Å². The molecule has 0 saturated heterocycles. The van der Waals surface area contributed by atoms with Crippen LogP contribution in [0.4, 0.5) is 0 Å². The van der Waals surface area contributed by atoms with Gasteiger partial charge in [0.25, 0.3) is 0 Å². The van der Waals surface area contributed by atoms with Gasteiger partial charge in [0.1, 0.15) is 6.54 Å². The minimum Gasteiger partial charge on any atom is -0.480 e. The first-order chi connectivity index (χ1) is 8.50. The quantitative estimate of drug-likeness (QED) is 0.815. The van der Waals surface area contributed by atoms with Gasteiger partial charge >= 0.3 is 5.97 Å². The second-order valence-corrected chi connectivity index (χ2v) is 6.14. The lowest BCUT2D eigenvalue weighted by molar-refractivity contribution is -0.145. The first-order valence-electron chi connectivity index (χ1n) is 7.01. The Hall–Kier alpha value is -1.06. The molecule has 2 fully saturated rings. The van der Waals surface area contributed by atoms with Gasteiger partial charge in [-0.15, -0.1) is 0 Å². The summed E-state index contributed by atoms with van der Waals surface area (Å²) in [4.78, 5) is 24.8. The highest BCUT2D eigenvalue weighted by Crippen LogP contribution is 2.56. The highest BCUT2D eigenvalue weighted by molar-refractivity contribution is 5.85. The Morgan fingerprint density at radius 2 is 1.78 bits per heavy atom. The van der Waals surface area contributed by atoms with E-state index in [4.69, 9.17) is 5.11 Å². The van der Waals surface area contributed by atoms with Gasteiger partial charge in [-0.05, 0) is 30.6 Å². The number of hydrogen-bond acceptors (Lipinski definition) is 2. The zero-order chi connectivity index (χ0) is 13.3. The predicted octanol–water partition coefficient (Wildman–Crippen LogP) is 1.99. The molecule has 2 atom stereocenters. The lowest BCUT2D eigenvalue weighted by Gasteiger charge is -2.23. The molecule has 0 spiro atoms. The lowest BCUT2D eigenvalue weighted by Crippen LogP contribution is -2.39. The molecule has 0 aromatic carbocycles. The zero-order valence-corrected chi connectivity index (χ0v) is 11.3. The summed E-state index contributed by atoms with van der Waals surface area (Å²) in [7, 11) is 0. The maximum Gasteiger partial charge on any atom is 0.323 e. The Labute approximate surface area is 108 Å². The largest absolute Gasteiger partial charge is 0.480 e. The molecule has 2 rings (SSSR count). The average molecular weight is 253 g/mol. The molecule has 1 amide bonds. The van der Waals surface area contributed by atoms with Crippen molar-refractivity contribution in [3.8, 4) is 0 Å². The summed E-state index contributed by atoms with van der Waals surface area (Å²) in [5.74, 6) is 0.722. The number of rotatable bonds is 5. The molecule has 2 aliphatic carbocycles. The highest BCUT2D eigenvalue weighted by atomic mass is 16.4. The molecule has 0 aromatic heterocycles. The van der Waals surface area contributed by atoms with Crippen molar-refractivity contribution in [1.29, 1.82) is 0 Å². The fourth-order valence-corrected chi connectivity index (χ4v) is 3.41. The fourth-order valence-electron chi connectivity index (χ4n) is 3.41. The van der Waals surface area contributed by atoms with Gasteiger partial charge in [-0.1, -0.05) is 26.7 Å². The van der Waals surface area contributed by atoms with E-state index in [-0.39, 0.29) is 18.4 Å². The van der Waals surface area contributed by atoms with Gasteiger partial charge in [0.05, 0.1) is 0 Å². The first-order valence-corrected chi connectivity index (χ1v) is 7.01. The van der Waals surface area contributed by atoms with Crippen molar-refractivity contribution < 1.29 is 14.7 Å². The van der Waals surface area contributed by atoms with Crippen LogP contribution < -0.4 is 0 Å². The smallest absolute Gasteiger partial charge is 0.323 e. The monoisotopic (exact) mass is 253 g/mol. The van der Waals surface area contributed by atoms with Crippen LogP contribution in [0, 0.1) is 23.7 Å². The molecule has 2 unspecified atom stereocenters. The summed E-state index contributed by atoms with van der Waals surface area (Å²) in [6, 6.07) is 0. The number of nitrogens with zero attached hydrogens (tertiary/aromatic N) is 1. The second kappa shape index (κ2) is 5.29. The first kappa shape index (κ1) is 13.4. The van der Waals surface area contributed by atoms with Crippen molar-refractivity contribution in [3.63, 3.8) is 0 Å². The van der Waals surface area contributed by atoms with E-state index >= 15 is 0 Å². The van der Waals surface area contributed by atoms with Gasteiger partial charge in [0.2, 0.25) is 5.91 Å². The Bertz CT molecular complexity index is 328. The standard InChI is InChI=1S/C14H23NO3/c1-9(2)7-15(8-12(16)17)14(18)13-10-5-3-4-6-11(10)13/h9-11,13H,3-8H2,1-2H3,(H,16,17). The maximum absolute atomic E-state index is 12.4. The van der Waals surface area contributed by atoms with Crippen LogP contribution in [-0.2, 0) is 9.59 Å². The minimum absolute atomic E-state index is 0.0861. The van der Waals surface area contributed by atoms with Crippen LogP contribution in [0.1, 0.15) is 39.5 Å². The molecule has 0 radical (unpaired) electrons. The van der Waals surface area contributed by atoms with Gasteiger partial charge in [-0.3, -0.25) is 9.59 Å². The topological polar surface area (TPSA) is 57.6 Å². The van der Waals surface area contributed by atoms with E-state index in [0.717, 1.165) is 12.8 Å². The lowest BCUT2D eigenvalue weighted by atomic mass is 10.0. The third-order valence-electron chi connectivity index (χ3n) is 4.16. The second-order valence-electron chi connectivity index (χ2n) is 6.14. The fraction of sp³-hybridized carbons (Fsp3) is 0.857. The van der Waals surface area contributed by atoms with Crippen LogP contribution in [0.5, 0.6) is 0 Å². The van der Waals surface area contributed by atoms with E-state index in [1.54, 1.807) is 4.90 Å². The summed E-state index contributed by atoms with van der Waals surface area (Å²) in [6.07, 6.45) is 4.77. The molecule has 102 valence electrons. The molecule has 2 saturated carbocycles. The van der Waals surface area contributed by atoms with Gasteiger partial charge in [0.15, 0.2) is 0 Å². The van der Waals surface area contributed by atoms with Crippen LogP contribution in [-0.4, -0.2) is 35.0 Å². The summed E-state index contributed by atoms with van der Waals surface area (Å²) in [5.41, 5.74) is 0. The Balaban J connectivity index is 1.97.